The summed E-state index contributed by atoms with van der Waals surface area (Å²) in [6.45, 7) is 1.23. The average molecular weight is 210 g/mol. The Morgan fingerprint density at radius 3 is 2.87 bits per heavy atom. The summed E-state index contributed by atoms with van der Waals surface area (Å²) in [7, 11) is 0. The molecular formula is C9H14N4O2. The lowest BCUT2D eigenvalue weighted by Crippen LogP contribution is -2.41. The molecule has 0 spiro atoms. The molecule has 6 heteroatoms. The van der Waals surface area contributed by atoms with Crippen LogP contribution in [0.5, 0.6) is 0 Å². The minimum Gasteiger partial charge on any atom is -0.465 e. The molecular weight excluding hydrogens is 196 g/mol. The van der Waals surface area contributed by atoms with Crippen LogP contribution in [-0.4, -0.2) is 35.2 Å². The van der Waals surface area contributed by atoms with Gasteiger partial charge in [-0.1, -0.05) is 5.11 Å². The van der Waals surface area contributed by atoms with Gasteiger partial charge in [0.25, 0.3) is 0 Å². The van der Waals surface area contributed by atoms with Crippen molar-refractivity contribution in [3.8, 4) is 0 Å². The maximum absolute atomic E-state index is 10.8. The minimum absolute atomic E-state index is 0.0822. The molecule has 2 aliphatic rings. The van der Waals surface area contributed by atoms with E-state index in [1.54, 1.807) is 0 Å². The summed E-state index contributed by atoms with van der Waals surface area (Å²) in [5.41, 5.74) is 8.35. The van der Waals surface area contributed by atoms with Gasteiger partial charge in [-0.3, -0.25) is 0 Å². The summed E-state index contributed by atoms with van der Waals surface area (Å²) in [6, 6.07) is 0.0822. The molecule has 2 fully saturated rings. The first kappa shape index (κ1) is 10.1. The Bertz CT molecular complexity index is 313. The number of likely N-dealkylation sites (tertiary alicyclic amines) is 1. The molecule has 1 aliphatic carbocycles. The van der Waals surface area contributed by atoms with E-state index < -0.39 is 6.09 Å². The maximum Gasteiger partial charge on any atom is 0.407 e. The van der Waals surface area contributed by atoms with Gasteiger partial charge in [-0.05, 0) is 36.6 Å². The largest absolute Gasteiger partial charge is 0.465 e. The molecule has 1 saturated heterocycles. The molecule has 0 radical (unpaired) electrons. The molecule has 2 rings (SSSR count). The molecule has 1 N–H and O–H groups in total. The van der Waals surface area contributed by atoms with E-state index in [0.29, 0.717) is 24.9 Å². The lowest BCUT2D eigenvalue weighted by molar-refractivity contribution is 0.106. The van der Waals surface area contributed by atoms with E-state index in [-0.39, 0.29) is 6.04 Å². The highest BCUT2D eigenvalue weighted by Gasteiger charge is 2.38. The van der Waals surface area contributed by atoms with Crippen LogP contribution >= 0.6 is 0 Å². The van der Waals surface area contributed by atoms with Gasteiger partial charge in [0.2, 0.25) is 0 Å². The summed E-state index contributed by atoms with van der Waals surface area (Å²) in [4.78, 5) is 15.1. The van der Waals surface area contributed by atoms with Crippen molar-refractivity contribution in [1.82, 2.24) is 4.90 Å². The number of carboxylic acid groups (broad SMARTS) is 1. The predicted molar refractivity (Wildman–Crippen MR) is 53.4 cm³/mol. The second-order valence-corrected chi connectivity index (χ2v) is 4.37. The molecule has 3 atom stereocenters. The second kappa shape index (κ2) is 3.98. The molecule has 1 heterocycles. The third-order valence-corrected chi connectivity index (χ3v) is 3.53. The van der Waals surface area contributed by atoms with E-state index in [2.05, 4.69) is 10.0 Å². The zero-order valence-electron chi connectivity index (χ0n) is 8.41. The van der Waals surface area contributed by atoms with Crippen LogP contribution in [0.15, 0.2) is 5.11 Å². The van der Waals surface area contributed by atoms with Crippen molar-refractivity contribution in [3.63, 3.8) is 0 Å². The van der Waals surface area contributed by atoms with Crippen molar-refractivity contribution in [1.29, 1.82) is 0 Å². The number of fused-ring (bicyclic) bond motifs is 1. The van der Waals surface area contributed by atoms with Crippen LogP contribution < -0.4 is 0 Å². The molecule has 1 saturated carbocycles. The molecule has 1 aliphatic heterocycles. The fourth-order valence-electron chi connectivity index (χ4n) is 2.79. The van der Waals surface area contributed by atoms with Gasteiger partial charge in [-0.2, -0.15) is 0 Å². The molecule has 0 aromatic heterocycles. The van der Waals surface area contributed by atoms with Crippen molar-refractivity contribution in [2.24, 2.45) is 17.0 Å². The summed E-state index contributed by atoms with van der Waals surface area (Å²) >= 11 is 0. The molecule has 82 valence electrons. The summed E-state index contributed by atoms with van der Waals surface area (Å²) < 4.78 is 0. The van der Waals surface area contributed by atoms with Crippen LogP contribution in [0.2, 0.25) is 0 Å². The highest BCUT2D eigenvalue weighted by Crippen LogP contribution is 2.39. The molecule has 6 nitrogen and oxygen atoms in total. The number of nitrogens with zero attached hydrogens (tertiary/aromatic N) is 4. The Morgan fingerprint density at radius 2 is 2.20 bits per heavy atom. The van der Waals surface area contributed by atoms with Crippen LogP contribution in [-0.2, 0) is 0 Å². The van der Waals surface area contributed by atoms with Crippen molar-refractivity contribution < 1.29 is 9.90 Å². The summed E-state index contributed by atoms with van der Waals surface area (Å²) in [5, 5.41) is 12.6. The zero-order chi connectivity index (χ0) is 10.8. The topological polar surface area (TPSA) is 89.3 Å². The molecule has 15 heavy (non-hydrogen) atoms. The number of hydrogen-bond acceptors (Lipinski definition) is 2. The Morgan fingerprint density at radius 1 is 1.47 bits per heavy atom. The van der Waals surface area contributed by atoms with Crippen LogP contribution in [0.25, 0.3) is 10.4 Å². The molecule has 1 amide bonds. The number of azide groups is 1. The van der Waals surface area contributed by atoms with Gasteiger partial charge >= 0.3 is 6.09 Å². The zero-order valence-corrected chi connectivity index (χ0v) is 8.41. The predicted octanol–water partition coefficient (Wildman–Crippen LogP) is 2.08. The number of rotatable bonds is 1. The third kappa shape index (κ3) is 1.99. The summed E-state index contributed by atoms with van der Waals surface area (Å²) in [6.07, 6.45) is 1.86. The van der Waals surface area contributed by atoms with Crippen LogP contribution in [0.3, 0.4) is 0 Å². The number of amides is 1. The van der Waals surface area contributed by atoms with Gasteiger partial charge in [0, 0.05) is 24.0 Å². The normalized spacial score (nSPS) is 34.4. The van der Waals surface area contributed by atoms with Gasteiger partial charge in [-0.15, -0.1) is 0 Å². The SMILES string of the molecule is [N-]=[N+]=N[C@H]1C[C@@H]2CCN(C(=O)O)C[C@@H]2C1. The van der Waals surface area contributed by atoms with Crippen molar-refractivity contribution in [2.75, 3.05) is 13.1 Å². The molecule has 0 bridgehead atoms. The maximum atomic E-state index is 10.8. The number of piperidine rings is 1. The Kier molecular flexibility index (Phi) is 2.68. The first-order valence-corrected chi connectivity index (χ1v) is 5.22. The van der Waals surface area contributed by atoms with Gasteiger partial charge in [0.05, 0.1) is 0 Å². The lowest BCUT2D eigenvalue weighted by Gasteiger charge is -2.33. The van der Waals surface area contributed by atoms with Gasteiger partial charge in [-0.25, -0.2) is 4.79 Å². The van der Waals surface area contributed by atoms with Crippen LogP contribution in [0.1, 0.15) is 19.3 Å². The Balaban J connectivity index is 1.98. The van der Waals surface area contributed by atoms with Gasteiger partial charge in [0.1, 0.15) is 0 Å². The van der Waals surface area contributed by atoms with Crippen LogP contribution in [0, 0.1) is 11.8 Å². The Labute approximate surface area is 87.5 Å². The number of carbonyl (C=O) groups is 1. The average Bonchev–Trinajstić information content (AvgIpc) is 2.59. The standard InChI is InChI=1S/C9H14N4O2/c10-12-11-8-3-6-1-2-13(9(14)15)5-7(6)4-8/h6-8H,1-5H2,(H,14,15)/t6-,7-,8-/m0/s1. The van der Waals surface area contributed by atoms with Crippen molar-refractivity contribution in [2.45, 2.75) is 25.3 Å². The van der Waals surface area contributed by atoms with Gasteiger partial charge in [0.15, 0.2) is 0 Å². The summed E-state index contributed by atoms with van der Waals surface area (Å²) in [5.74, 6) is 0.946. The highest BCUT2D eigenvalue weighted by molar-refractivity contribution is 5.65. The van der Waals surface area contributed by atoms with E-state index in [1.165, 1.54) is 4.90 Å². The molecule has 0 aromatic carbocycles. The van der Waals surface area contributed by atoms with E-state index in [1.807, 2.05) is 0 Å². The fourth-order valence-corrected chi connectivity index (χ4v) is 2.79. The monoisotopic (exact) mass is 210 g/mol. The Hall–Kier alpha value is -1.42. The van der Waals surface area contributed by atoms with E-state index >= 15 is 0 Å². The third-order valence-electron chi connectivity index (χ3n) is 3.53. The smallest absolute Gasteiger partial charge is 0.407 e. The highest BCUT2D eigenvalue weighted by atomic mass is 16.4. The molecule has 0 unspecified atom stereocenters. The molecule has 0 aromatic rings. The second-order valence-electron chi connectivity index (χ2n) is 4.37. The first-order valence-electron chi connectivity index (χ1n) is 5.22. The van der Waals surface area contributed by atoms with Crippen molar-refractivity contribution >= 4 is 6.09 Å². The lowest BCUT2D eigenvalue weighted by atomic mass is 9.89. The van der Waals surface area contributed by atoms with E-state index in [9.17, 15) is 4.79 Å². The first-order chi connectivity index (χ1) is 7.20. The van der Waals surface area contributed by atoms with E-state index in [4.69, 9.17) is 10.6 Å². The quantitative estimate of drug-likeness (QED) is 0.408. The fraction of sp³-hybridized carbons (Fsp3) is 0.889. The number of hydrogen-bond donors (Lipinski definition) is 1. The van der Waals surface area contributed by atoms with E-state index in [0.717, 1.165) is 19.3 Å². The van der Waals surface area contributed by atoms with Crippen LogP contribution in [0.4, 0.5) is 4.79 Å². The minimum atomic E-state index is -0.833. The van der Waals surface area contributed by atoms with Gasteiger partial charge < -0.3 is 10.0 Å². The van der Waals surface area contributed by atoms with Crippen molar-refractivity contribution in [3.05, 3.63) is 10.4 Å².